The number of rotatable bonds is 10. The molecule has 2 bridgehead atoms. The summed E-state index contributed by atoms with van der Waals surface area (Å²) in [6.07, 6.45) is 4.44. The van der Waals surface area contributed by atoms with E-state index in [1.165, 1.54) is 11.0 Å². The van der Waals surface area contributed by atoms with E-state index in [1.807, 2.05) is 49.4 Å². The van der Waals surface area contributed by atoms with Gasteiger partial charge in [0.05, 0.1) is 11.5 Å². The minimum Gasteiger partial charge on any atom is -0.461 e. The summed E-state index contributed by atoms with van der Waals surface area (Å²) in [7, 11) is 0. The van der Waals surface area contributed by atoms with Crippen molar-refractivity contribution in [1.29, 1.82) is 0 Å². The Labute approximate surface area is 222 Å². The Bertz CT molecular complexity index is 1290. The van der Waals surface area contributed by atoms with Gasteiger partial charge in [-0.1, -0.05) is 49.1 Å². The summed E-state index contributed by atoms with van der Waals surface area (Å²) >= 11 is 0. The van der Waals surface area contributed by atoms with Crippen molar-refractivity contribution in [3.05, 3.63) is 67.8 Å². The third-order valence-electron chi connectivity index (χ3n) is 8.29. The second-order valence-corrected chi connectivity index (χ2v) is 10.5. The van der Waals surface area contributed by atoms with Gasteiger partial charge in [0.25, 0.3) is 5.91 Å². The van der Waals surface area contributed by atoms with Crippen LogP contribution in [0.25, 0.3) is 10.8 Å². The average molecular weight is 519 g/mol. The van der Waals surface area contributed by atoms with Gasteiger partial charge < -0.3 is 24.4 Å². The lowest BCUT2D eigenvalue weighted by atomic mass is 9.66. The molecule has 8 heteroatoms. The van der Waals surface area contributed by atoms with Crippen LogP contribution in [-0.4, -0.2) is 71.3 Å². The van der Waals surface area contributed by atoms with Crippen molar-refractivity contribution in [1.82, 2.24) is 4.90 Å². The van der Waals surface area contributed by atoms with E-state index < -0.39 is 35.0 Å². The van der Waals surface area contributed by atoms with Gasteiger partial charge in [-0.3, -0.25) is 14.4 Å². The third kappa shape index (κ3) is 3.94. The highest BCUT2D eigenvalue weighted by atomic mass is 16.6. The molecule has 2 aromatic rings. The molecule has 1 spiro atoms. The minimum absolute atomic E-state index is 0.0327. The zero-order valence-corrected chi connectivity index (χ0v) is 21.7. The van der Waals surface area contributed by atoms with Crippen molar-refractivity contribution in [3.63, 3.8) is 0 Å². The molecule has 38 heavy (non-hydrogen) atoms. The number of ether oxygens (including phenoxy) is 2. The summed E-state index contributed by atoms with van der Waals surface area (Å²) in [6, 6.07) is 12.7. The van der Waals surface area contributed by atoms with Gasteiger partial charge in [0.15, 0.2) is 0 Å². The number of fused-ring (bicyclic) bond motifs is 2. The van der Waals surface area contributed by atoms with Crippen LogP contribution in [0, 0.1) is 11.8 Å². The second kappa shape index (κ2) is 10.0. The fraction of sp³-hybridized carbons (Fsp3) is 0.433. The molecule has 5 atom stereocenters. The van der Waals surface area contributed by atoms with Crippen molar-refractivity contribution in [2.24, 2.45) is 11.8 Å². The Balaban J connectivity index is 1.57. The molecule has 3 saturated heterocycles. The van der Waals surface area contributed by atoms with E-state index in [2.05, 4.69) is 13.2 Å². The zero-order valence-electron chi connectivity index (χ0n) is 21.7. The van der Waals surface area contributed by atoms with Gasteiger partial charge in [-0.2, -0.15) is 0 Å². The Morgan fingerprint density at radius 1 is 1.18 bits per heavy atom. The first-order valence-corrected chi connectivity index (χ1v) is 13.1. The van der Waals surface area contributed by atoms with Gasteiger partial charge in [-0.25, -0.2) is 0 Å². The number of nitrogens with zero attached hydrogens (tertiary/aromatic N) is 2. The number of esters is 1. The maximum Gasteiger partial charge on any atom is 0.313 e. The molecule has 3 aliphatic heterocycles. The molecule has 0 radical (unpaired) electrons. The number of aliphatic hydroxyl groups excluding tert-OH is 1. The van der Waals surface area contributed by atoms with E-state index in [0.29, 0.717) is 24.9 Å². The lowest BCUT2D eigenvalue weighted by molar-refractivity contribution is -0.158. The van der Waals surface area contributed by atoms with Crippen molar-refractivity contribution in [2.45, 2.75) is 43.4 Å². The molecule has 8 nitrogen and oxygen atoms in total. The lowest BCUT2D eigenvalue weighted by Crippen LogP contribution is -2.56. The summed E-state index contributed by atoms with van der Waals surface area (Å²) in [6.45, 7) is 9.61. The predicted molar refractivity (Wildman–Crippen MR) is 143 cm³/mol. The predicted octanol–water partition coefficient (Wildman–Crippen LogP) is 3.24. The molecule has 1 N–H and O–H groups in total. The molecule has 0 saturated carbocycles. The van der Waals surface area contributed by atoms with Crippen LogP contribution in [0.2, 0.25) is 0 Å². The number of likely N-dealkylation sites (tertiary alicyclic amines) is 1. The fourth-order valence-electron chi connectivity index (χ4n) is 6.72. The van der Waals surface area contributed by atoms with Crippen LogP contribution in [0.3, 0.4) is 0 Å². The van der Waals surface area contributed by atoms with Crippen molar-refractivity contribution >= 4 is 34.2 Å². The maximum atomic E-state index is 14.5. The van der Waals surface area contributed by atoms with E-state index in [-0.39, 0.29) is 38.1 Å². The number of carbonyl (C=O) groups excluding carboxylic acids is 3. The molecular formula is C30H34N2O6. The number of hydrogen-bond donors (Lipinski definition) is 1. The van der Waals surface area contributed by atoms with Gasteiger partial charge in [-0.05, 0) is 49.1 Å². The van der Waals surface area contributed by atoms with E-state index in [0.717, 1.165) is 10.8 Å². The molecule has 5 rings (SSSR count). The van der Waals surface area contributed by atoms with Crippen LogP contribution in [-0.2, 0) is 23.9 Å². The molecule has 3 heterocycles. The first-order valence-electron chi connectivity index (χ1n) is 13.1. The van der Waals surface area contributed by atoms with E-state index in [4.69, 9.17) is 9.47 Å². The van der Waals surface area contributed by atoms with Crippen molar-refractivity contribution < 1.29 is 29.0 Å². The highest BCUT2D eigenvalue weighted by Crippen LogP contribution is 2.63. The Hall–Kier alpha value is -3.49. The summed E-state index contributed by atoms with van der Waals surface area (Å²) in [4.78, 5) is 44.8. The fourth-order valence-corrected chi connectivity index (χ4v) is 6.72. The van der Waals surface area contributed by atoms with Gasteiger partial charge in [0.2, 0.25) is 5.91 Å². The number of benzene rings is 2. The van der Waals surface area contributed by atoms with Crippen LogP contribution in [0.1, 0.15) is 26.2 Å². The Morgan fingerprint density at radius 2 is 1.95 bits per heavy atom. The first-order chi connectivity index (χ1) is 18.3. The summed E-state index contributed by atoms with van der Waals surface area (Å²) in [5, 5.41) is 11.6. The summed E-state index contributed by atoms with van der Waals surface area (Å²) in [5.41, 5.74) is -1.39. The molecule has 2 aromatic carbocycles. The molecule has 0 aromatic heterocycles. The van der Waals surface area contributed by atoms with Gasteiger partial charge in [-0.15, -0.1) is 6.58 Å². The smallest absolute Gasteiger partial charge is 0.313 e. The standard InChI is InChI=1S/C30H34N2O6/c1-4-15-31(22-12-11-20-9-6-7-10-21(20)19-22)27(35)25-30-14-13-29(3,38-30)24(28(36)37-18-5-2)23(30)26(34)32(25)16-8-17-33/h4-7,9-12,19,23-25,33H,1-2,8,13-18H2,3H3/t23-,24+,25?,29-,30?/m0/s1. The summed E-state index contributed by atoms with van der Waals surface area (Å²) < 4.78 is 12.0. The molecule has 2 unspecified atom stereocenters. The first kappa shape index (κ1) is 26.1. The highest BCUT2D eigenvalue weighted by Gasteiger charge is 2.78. The SMILES string of the molecule is C=CCOC(=O)[C@H]1[C@H]2C(=O)N(CCCO)C(C(=O)N(CC=C)c3ccc4ccccc4c3)C23CC[C@]1(C)O3. The monoisotopic (exact) mass is 518 g/mol. The minimum atomic E-state index is -1.16. The number of carbonyl (C=O) groups is 3. The van der Waals surface area contributed by atoms with Crippen LogP contribution in [0.15, 0.2) is 67.8 Å². The Morgan fingerprint density at radius 3 is 2.66 bits per heavy atom. The van der Waals surface area contributed by atoms with Crippen LogP contribution < -0.4 is 4.90 Å². The van der Waals surface area contributed by atoms with E-state index >= 15 is 0 Å². The second-order valence-electron chi connectivity index (χ2n) is 10.5. The molecule has 3 fully saturated rings. The number of anilines is 1. The molecular weight excluding hydrogens is 484 g/mol. The molecule has 2 amide bonds. The lowest BCUT2D eigenvalue weighted by Gasteiger charge is -2.36. The third-order valence-corrected chi connectivity index (χ3v) is 8.29. The quantitative estimate of drug-likeness (QED) is 0.383. The van der Waals surface area contributed by atoms with Gasteiger partial charge >= 0.3 is 5.97 Å². The van der Waals surface area contributed by atoms with E-state index in [9.17, 15) is 19.5 Å². The normalized spacial score (nSPS) is 29.4. The Kier molecular flexibility index (Phi) is 6.88. The van der Waals surface area contributed by atoms with Gasteiger partial charge in [0, 0.05) is 25.4 Å². The van der Waals surface area contributed by atoms with E-state index in [1.54, 1.807) is 11.0 Å². The van der Waals surface area contributed by atoms with Crippen LogP contribution >= 0.6 is 0 Å². The van der Waals surface area contributed by atoms with Crippen molar-refractivity contribution in [3.8, 4) is 0 Å². The summed E-state index contributed by atoms with van der Waals surface area (Å²) in [5.74, 6) is -2.78. The maximum absolute atomic E-state index is 14.5. The van der Waals surface area contributed by atoms with Crippen molar-refractivity contribution in [2.75, 3.05) is 31.2 Å². The average Bonchev–Trinajstić information content (AvgIpc) is 3.49. The zero-order chi connectivity index (χ0) is 27.1. The highest BCUT2D eigenvalue weighted by molar-refractivity contribution is 6.05. The number of hydrogen-bond acceptors (Lipinski definition) is 6. The molecule has 0 aliphatic carbocycles. The van der Waals surface area contributed by atoms with Crippen LogP contribution in [0.5, 0.6) is 0 Å². The molecule has 3 aliphatic rings. The number of aliphatic hydroxyl groups is 1. The van der Waals surface area contributed by atoms with Crippen LogP contribution in [0.4, 0.5) is 5.69 Å². The topological polar surface area (TPSA) is 96.4 Å². The molecule has 200 valence electrons. The number of amides is 2. The van der Waals surface area contributed by atoms with Gasteiger partial charge in [0.1, 0.15) is 24.2 Å². The largest absolute Gasteiger partial charge is 0.461 e.